The molecule has 1 heteroatoms. The molecule has 0 saturated heterocycles. The largest absolute Gasteiger partial charge is 0.382 e. The van der Waals surface area contributed by atoms with E-state index in [4.69, 9.17) is 0 Å². The van der Waals surface area contributed by atoms with Crippen LogP contribution in [0.25, 0.3) is 0 Å². The van der Waals surface area contributed by atoms with Crippen molar-refractivity contribution in [1.82, 2.24) is 0 Å². The Balaban J connectivity index is 2.23. The maximum Gasteiger partial charge on any atom is 0.0374 e. The highest BCUT2D eigenvalue weighted by Gasteiger charge is 2.21. The summed E-state index contributed by atoms with van der Waals surface area (Å²) in [5.41, 5.74) is 4.09. The van der Waals surface area contributed by atoms with E-state index in [2.05, 4.69) is 37.4 Å². The van der Waals surface area contributed by atoms with Crippen LogP contribution in [0, 0.1) is 13.8 Å². The lowest BCUT2D eigenvalue weighted by atomic mass is 10.1. The van der Waals surface area contributed by atoms with E-state index in [0.717, 1.165) is 6.04 Å². The molecule has 2 rings (SSSR count). The average molecular weight is 161 g/mol. The summed E-state index contributed by atoms with van der Waals surface area (Å²) in [6, 6.07) is 7.20. The van der Waals surface area contributed by atoms with Crippen LogP contribution in [0.15, 0.2) is 18.2 Å². The first-order valence-electron chi connectivity index (χ1n) is 4.60. The first kappa shape index (κ1) is 7.66. The van der Waals surface area contributed by atoms with Crippen LogP contribution in [0.5, 0.6) is 0 Å². The van der Waals surface area contributed by atoms with E-state index in [0.29, 0.717) is 0 Å². The summed E-state index contributed by atoms with van der Waals surface area (Å²) >= 11 is 0. The Bertz CT molecular complexity index is 287. The number of hydrogen-bond donors (Lipinski definition) is 1. The molecule has 1 saturated carbocycles. The Hall–Kier alpha value is -0.980. The van der Waals surface area contributed by atoms with Gasteiger partial charge in [-0.25, -0.2) is 0 Å². The third-order valence-electron chi connectivity index (χ3n) is 2.54. The Morgan fingerprint density at radius 2 is 2.00 bits per heavy atom. The molecular formula is C11H15N. The molecule has 0 bridgehead atoms. The lowest BCUT2D eigenvalue weighted by molar-refractivity contribution is 1.14. The van der Waals surface area contributed by atoms with E-state index in [1.165, 1.54) is 29.7 Å². The Labute approximate surface area is 73.8 Å². The second kappa shape index (κ2) is 2.81. The molecule has 0 heterocycles. The number of anilines is 1. The first-order valence-corrected chi connectivity index (χ1v) is 4.60. The molecule has 0 unspecified atom stereocenters. The third-order valence-corrected chi connectivity index (χ3v) is 2.54. The minimum atomic E-state index is 0.755. The monoisotopic (exact) mass is 161 g/mol. The number of benzene rings is 1. The molecule has 12 heavy (non-hydrogen) atoms. The molecule has 1 aliphatic carbocycles. The Morgan fingerprint density at radius 3 is 2.67 bits per heavy atom. The molecule has 0 aromatic heterocycles. The quantitative estimate of drug-likeness (QED) is 0.703. The maximum atomic E-state index is 3.52. The van der Waals surface area contributed by atoms with Crippen LogP contribution >= 0.6 is 0 Å². The number of hydrogen-bond acceptors (Lipinski definition) is 1. The van der Waals surface area contributed by atoms with Crippen molar-refractivity contribution in [2.24, 2.45) is 0 Å². The molecule has 64 valence electrons. The number of rotatable bonds is 2. The van der Waals surface area contributed by atoms with E-state index in [1.54, 1.807) is 0 Å². The molecule has 1 fully saturated rings. The van der Waals surface area contributed by atoms with E-state index < -0.39 is 0 Å². The molecular weight excluding hydrogens is 146 g/mol. The molecule has 0 spiro atoms. The van der Waals surface area contributed by atoms with Gasteiger partial charge in [0.05, 0.1) is 0 Å². The summed E-state index contributed by atoms with van der Waals surface area (Å²) in [7, 11) is 0. The minimum Gasteiger partial charge on any atom is -0.382 e. The highest BCUT2D eigenvalue weighted by Crippen LogP contribution is 2.27. The van der Waals surface area contributed by atoms with Gasteiger partial charge in [-0.1, -0.05) is 12.1 Å². The topological polar surface area (TPSA) is 12.0 Å². The van der Waals surface area contributed by atoms with Crippen LogP contribution in [0.3, 0.4) is 0 Å². The zero-order chi connectivity index (χ0) is 8.55. The fourth-order valence-electron chi connectivity index (χ4n) is 1.36. The van der Waals surface area contributed by atoms with Crippen molar-refractivity contribution < 1.29 is 0 Å². The summed E-state index contributed by atoms with van der Waals surface area (Å²) < 4.78 is 0. The van der Waals surface area contributed by atoms with Crippen LogP contribution in [-0.2, 0) is 0 Å². The van der Waals surface area contributed by atoms with Gasteiger partial charge >= 0.3 is 0 Å². The van der Waals surface area contributed by atoms with Crippen LogP contribution < -0.4 is 5.32 Å². The van der Waals surface area contributed by atoms with Gasteiger partial charge in [0.25, 0.3) is 0 Å². The van der Waals surface area contributed by atoms with Gasteiger partial charge in [-0.2, -0.15) is 0 Å². The summed E-state index contributed by atoms with van der Waals surface area (Å²) in [4.78, 5) is 0. The van der Waals surface area contributed by atoms with E-state index >= 15 is 0 Å². The zero-order valence-electron chi connectivity index (χ0n) is 7.72. The molecule has 1 aliphatic rings. The van der Waals surface area contributed by atoms with Crippen LogP contribution in [0.4, 0.5) is 5.69 Å². The zero-order valence-corrected chi connectivity index (χ0v) is 7.72. The van der Waals surface area contributed by atoms with Gasteiger partial charge in [0.1, 0.15) is 0 Å². The highest BCUT2D eigenvalue weighted by atomic mass is 15.0. The molecule has 1 aromatic carbocycles. The second-order valence-corrected chi connectivity index (χ2v) is 3.67. The van der Waals surface area contributed by atoms with Gasteiger partial charge in [-0.3, -0.25) is 0 Å². The SMILES string of the molecule is Cc1cccc(NC2CC2)c1C. The molecule has 0 atom stereocenters. The van der Waals surface area contributed by atoms with Crippen LogP contribution in [-0.4, -0.2) is 6.04 Å². The van der Waals surface area contributed by atoms with Gasteiger partial charge in [0, 0.05) is 11.7 Å². The normalized spacial score (nSPS) is 16.2. The predicted molar refractivity (Wildman–Crippen MR) is 52.6 cm³/mol. The van der Waals surface area contributed by atoms with Gasteiger partial charge in [-0.05, 0) is 43.9 Å². The van der Waals surface area contributed by atoms with Crippen LogP contribution in [0.1, 0.15) is 24.0 Å². The molecule has 0 aliphatic heterocycles. The van der Waals surface area contributed by atoms with E-state index in [9.17, 15) is 0 Å². The summed E-state index contributed by atoms with van der Waals surface area (Å²) in [5.74, 6) is 0. The van der Waals surface area contributed by atoms with Crippen molar-refractivity contribution in [3.63, 3.8) is 0 Å². The molecule has 1 aromatic rings. The van der Waals surface area contributed by atoms with Gasteiger partial charge in [0.15, 0.2) is 0 Å². The minimum absolute atomic E-state index is 0.755. The van der Waals surface area contributed by atoms with Gasteiger partial charge in [0.2, 0.25) is 0 Å². The third kappa shape index (κ3) is 1.45. The summed E-state index contributed by atoms with van der Waals surface area (Å²) in [6.45, 7) is 4.34. The standard InChI is InChI=1S/C11H15N/c1-8-4-3-5-11(9(8)2)12-10-6-7-10/h3-5,10,12H,6-7H2,1-2H3. The number of aryl methyl sites for hydroxylation is 1. The van der Waals surface area contributed by atoms with Crippen molar-refractivity contribution in [3.8, 4) is 0 Å². The van der Waals surface area contributed by atoms with Crippen molar-refractivity contribution in [1.29, 1.82) is 0 Å². The lowest BCUT2D eigenvalue weighted by Crippen LogP contribution is -2.02. The fraction of sp³-hybridized carbons (Fsp3) is 0.455. The molecule has 0 radical (unpaired) electrons. The van der Waals surface area contributed by atoms with E-state index in [1.807, 2.05) is 0 Å². The van der Waals surface area contributed by atoms with Crippen molar-refractivity contribution in [3.05, 3.63) is 29.3 Å². The van der Waals surface area contributed by atoms with Gasteiger partial charge < -0.3 is 5.32 Å². The number of nitrogens with one attached hydrogen (secondary N) is 1. The average Bonchev–Trinajstić information content (AvgIpc) is 2.83. The molecule has 1 nitrogen and oxygen atoms in total. The molecule has 1 N–H and O–H groups in total. The second-order valence-electron chi connectivity index (χ2n) is 3.67. The lowest BCUT2D eigenvalue weighted by Gasteiger charge is -2.09. The first-order chi connectivity index (χ1) is 5.77. The van der Waals surface area contributed by atoms with Crippen molar-refractivity contribution >= 4 is 5.69 Å². The van der Waals surface area contributed by atoms with Crippen molar-refractivity contribution in [2.45, 2.75) is 32.7 Å². The smallest absolute Gasteiger partial charge is 0.0374 e. The van der Waals surface area contributed by atoms with Crippen molar-refractivity contribution in [2.75, 3.05) is 5.32 Å². The van der Waals surface area contributed by atoms with Gasteiger partial charge in [-0.15, -0.1) is 0 Å². The Kier molecular flexibility index (Phi) is 1.80. The summed E-state index contributed by atoms with van der Waals surface area (Å²) in [5, 5.41) is 3.52. The fourth-order valence-corrected chi connectivity index (χ4v) is 1.36. The highest BCUT2D eigenvalue weighted by molar-refractivity contribution is 5.54. The Morgan fingerprint density at radius 1 is 1.25 bits per heavy atom. The predicted octanol–water partition coefficient (Wildman–Crippen LogP) is 2.88. The molecule has 0 amide bonds. The maximum absolute atomic E-state index is 3.52. The van der Waals surface area contributed by atoms with Crippen LogP contribution in [0.2, 0.25) is 0 Å². The summed E-state index contributed by atoms with van der Waals surface area (Å²) in [6.07, 6.45) is 2.68. The van der Waals surface area contributed by atoms with E-state index in [-0.39, 0.29) is 0 Å².